The van der Waals surface area contributed by atoms with Crippen LogP contribution in [0.4, 0.5) is 0 Å². The zero-order chi connectivity index (χ0) is 20.5. The highest BCUT2D eigenvalue weighted by Gasteiger charge is 2.30. The summed E-state index contributed by atoms with van der Waals surface area (Å²) in [6.07, 6.45) is 1.21. The topological polar surface area (TPSA) is 43.3 Å². The van der Waals surface area contributed by atoms with Crippen LogP contribution in [0.25, 0.3) is 0 Å². The average molecular weight is 402 g/mol. The molecule has 2 aliphatic rings. The number of morpholine rings is 1. The fraction of sp³-hybridized carbons (Fsp3) is 0.696. The molecule has 2 fully saturated rings. The van der Waals surface area contributed by atoms with Crippen molar-refractivity contribution in [2.45, 2.75) is 46.3 Å². The van der Waals surface area contributed by atoms with Crippen molar-refractivity contribution in [1.29, 1.82) is 0 Å². The number of rotatable bonds is 8. The molecule has 0 amide bonds. The molecule has 0 aromatic heterocycles. The van der Waals surface area contributed by atoms with Gasteiger partial charge in [0, 0.05) is 45.3 Å². The Morgan fingerprint density at radius 3 is 2.41 bits per heavy atom. The number of nitrogens with one attached hydrogen (secondary N) is 1. The molecule has 1 atom stereocenters. The Labute approximate surface area is 176 Å². The first-order valence-corrected chi connectivity index (χ1v) is 11.4. The molecular weight excluding hydrogens is 362 g/mol. The van der Waals surface area contributed by atoms with E-state index in [-0.39, 0.29) is 0 Å². The second-order valence-corrected chi connectivity index (χ2v) is 7.98. The van der Waals surface area contributed by atoms with E-state index >= 15 is 0 Å². The number of benzene rings is 1. The first-order valence-electron chi connectivity index (χ1n) is 11.4. The van der Waals surface area contributed by atoms with Gasteiger partial charge in [0.2, 0.25) is 0 Å². The zero-order valence-electron chi connectivity index (χ0n) is 18.6. The second kappa shape index (κ2) is 11.5. The largest absolute Gasteiger partial charge is 0.379 e. The Bertz CT molecular complexity index is 623. The third-order valence-corrected chi connectivity index (χ3v) is 6.09. The summed E-state index contributed by atoms with van der Waals surface area (Å²) >= 11 is 0. The van der Waals surface area contributed by atoms with Gasteiger partial charge in [0.05, 0.1) is 19.8 Å². The second-order valence-electron chi connectivity index (χ2n) is 7.98. The van der Waals surface area contributed by atoms with Gasteiger partial charge in [-0.15, -0.1) is 0 Å². The zero-order valence-corrected chi connectivity index (χ0v) is 18.6. The van der Waals surface area contributed by atoms with Gasteiger partial charge in [0.1, 0.15) is 0 Å². The summed E-state index contributed by atoms with van der Waals surface area (Å²) in [4.78, 5) is 12.4. The molecule has 0 bridgehead atoms. The fourth-order valence-electron chi connectivity index (χ4n) is 4.22. The van der Waals surface area contributed by atoms with Gasteiger partial charge < -0.3 is 15.0 Å². The number of ether oxygens (including phenoxy) is 1. The quantitative estimate of drug-likeness (QED) is 0.535. The van der Waals surface area contributed by atoms with Crippen LogP contribution in [0.5, 0.6) is 0 Å². The minimum absolute atomic E-state index is 0.627. The molecule has 3 rings (SSSR count). The first kappa shape index (κ1) is 22.1. The van der Waals surface area contributed by atoms with Crippen LogP contribution in [-0.2, 0) is 17.8 Å². The van der Waals surface area contributed by atoms with Crippen molar-refractivity contribution in [2.24, 2.45) is 4.99 Å². The van der Waals surface area contributed by atoms with Crippen LogP contribution in [0.2, 0.25) is 0 Å². The molecule has 6 nitrogen and oxygen atoms in total. The van der Waals surface area contributed by atoms with Crippen molar-refractivity contribution in [3.05, 3.63) is 35.4 Å². The third kappa shape index (κ3) is 6.43. The maximum atomic E-state index is 5.51. The molecule has 0 spiro atoms. The molecule has 29 heavy (non-hydrogen) atoms. The fourth-order valence-corrected chi connectivity index (χ4v) is 4.22. The summed E-state index contributed by atoms with van der Waals surface area (Å²) in [6.45, 7) is 17.4. The molecular formula is C23H39N5O. The van der Waals surface area contributed by atoms with Crippen molar-refractivity contribution in [3.63, 3.8) is 0 Å². The molecule has 2 saturated heterocycles. The van der Waals surface area contributed by atoms with Crippen LogP contribution >= 0.6 is 0 Å². The number of hydrogen-bond acceptors (Lipinski definition) is 4. The molecule has 0 aliphatic carbocycles. The van der Waals surface area contributed by atoms with Gasteiger partial charge in [-0.25, -0.2) is 4.99 Å². The van der Waals surface area contributed by atoms with Gasteiger partial charge in [0.25, 0.3) is 0 Å². The third-order valence-electron chi connectivity index (χ3n) is 6.09. The van der Waals surface area contributed by atoms with Crippen molar-refractivity contribution in [1.82, 2.24) is 20.0 Å². The number of hydrogen-bond donors (Lipinski definition) is 1. The van der Waals surface area contributed by atoms with Gasteiger partial charge in [-0.2, -0.15) is 0 Å². The molecule has 6 heteroatoms. The SMILES string of the molecule is CCNC(=NCc1ccc(CN(CC)CC)cc1)N1CCC(N2CCOCC2)C1. The lowest BCUT2D eigenvalue weighted by Crippen LogP contribution is -2.46. The van der Waals surface area contributed by atoms with Crippen LogP contribution in [-0.4, -0.2) is 85.7 Å². The van der Waals surface area contributed by atoms with Gasteiger partial charge >= 0.3 is 0 Å². The summed E-state index contributed by atoms with van der Waals surface area (Å²) < 4.78 is 5.51. The van der Waals surface area contributed by atoms with Crippen LogP contribution in [0.1, 0.15) is 38.3 Å². The van der Waals surface area contributed by atoms with E-state index < -0.39 is 0 Å². The maximum Gasteiger partial charge on any atom is 0.194 e. The van der Waals surface area contributed by atoms with Crippen molar-refractivity contribution < 1.29 is 4.74 Å². The van der Waals surface area contributed by atoms with Crippen molar-refractivity contribution in [2.75, 3.05) is 59.0 Å². The molecule has 1 aromatic rings. The molecule has 0 saturated carbocycles. The van der Waals surface area contributed by atoms with Crippen molar-refractivity contribution in [3.8, 4) is 0 Å². The highest BCUT2D eigenvalue weighted by Crippen LogP contribution is 2.17. The lowest BCUT2D eigenvalue weighted by Gasteiger charge is -2.32. The minimum atomic E-state index is 0.627. The van der Waals surface area contributed by atoms with Gasteiger partial charge in [0.15, 0.2) is 5.96 Å². The van der Waals surface area contributed by atoms with Gasteiger partial charge in [-0.1, -0.05) is 38.1 Å². The predicted octanol–water partition coefficient (Wildman–Crippen LogP) is 2.40. The lowest BCUT2D eigenvalue weighted by atomic mass is 10.1. The molecule has 1 N–H and O–H groups in total. The molecule has 0 radical (unpaired) electrons. The predicted molar refractivity (Wildman–Crippen MR) is 120 cm³/mol. The Hall–Kier alpha value is -1.63. The summed E-state index contributed by atoms with van der Waals surface area (Å²) in [7, 11) is 0. The van der Waals surface area contributed by atoms with Crippen LogP contribution in [0, 0.1) is 0 Å². The normalized spacial score (nSPS) is 21.2. The molecule has 2 aliphatic heterocycles. The lowest BCUT2D eigenvalue weighted by molar-refractivity contribution is 0.0195. The standard InChI is InChI=1S/C23H39N5O/c1-4-24-23(28-12-11-22(19-28)27-13-15-29-16-14-27)25-17-20-7-9-21(10-8-20)18-26(5-2)6-3/h7-10,22H,4-6,11-19H2,1-3H3,(H,24,25). The number of likely N-dealkylation sites (tertiary alicyclic amines) is 1. The number of guanidine groups is 1. The van der Waals surface area contributed by atoms with Crippen LogP contribution in [0.3, 0.4) is 0 Å². The molecule has 1 aromatic carbocycles. The van der Waals surface area contributed by atoms with Crippen LogP contribution < -0.4 is 5.32 Å². The molecule has 2 heterocycles. The highest BCUT2D eigenvalue weighted by molar-refractivity contribution is 5.80. The summed E-state index contributed by atoms with van der Waals surface area (Å²) in [5.74, 6) is 1.05. The minimum Gasteiger partial charge on any atom is -0.379 e. The van der Waals surface area contributed by atoms with E-state index in [1.165, 1.54) is 17.5 Å². The number of nitrogens with zero attached hydrogens (tertiary/aromatic N) is 4. The Balaban J connectivity index is 1.56. The van der Waals surface area contributed by atoms with Gasteiger partial charge in [-0.05, 0) is 37.6 Å². The Kier molecular flexibility index (Phi) is 8.77. The van der Waals surface area contributed by atoms with E-state index in [0.717, 1.165) is 78.1 Å². The average Bonchev–Trinajstić information content (AvgIpc) is 3.26. The smallest absolute Gasteiger partial charge is 0.194 e. The van der Waals surface area contributed by atoms with E-state index in [2.05, 4.69) is 65.1 Å². The van der Waals surface area contributed by atoms with Crippen molar-refractivity contribution >= 4 is 5.96 Å². The monoisotopic (exact) mass is 401 g/mol. The Morgan fingerprint density at radius 2 is 1.76 bits per heavy atom. The molecule has 1 unspecified atom stereocenters. The van der Waals surface area contributed by atoms with Gasteiger partial charge in [-0.3, -0.25) is 9.80 Å². The maximum absolute atomic E-state index is 5.51. The van der Waals surface area contributed by atoms with E-state index in [1.54, 1.807) is 0 Å². The van der Waals surface area contributed by atoms with E-state index in [4.69, 9.17) is 9.73 Å². The highest BCUT2D eigenvalue weighted by atomic mass is 16.5. The molecule has 162 valence electrons. The van der Waals surface area contributed by atoms with E-state index in [9.17, 15) is 0 Å². The van der Waals surface area contributed by atoms with Crippen LogP contribution in [0.15, 0.2) is 29.3 Å². The number of aliphatic imine (C=N–C) groups is 1. The Morgan fingerprint density at radius 1 is 1.07 bits per heavy atom. The summed E-state index contributed by atoms with van der Waals surface area (Å²) in [6, 6.07) is 9.58. The first-order chi connectivity index (χ1) is 14.2. The summed E-state index contributed by atoms with van der Waals surface area (Å²) in [5.41, 5.74) is 2.65. The van der Waals surface area contributed by atoms with E-state index in [0.29, 0.717) is 6.04 Å². The summed E-state index contributed by atoms with van der Waals surface area (Å²) in [5, 5.41) is 3.50. The van der Waals surface area contributed by atoms with E-state index in [1.807, 2.05) is 0 Å².